The van der Waals surface area contributed by atoms with Gasteiger partial charge in [-0.05, 0) is 44.4 Å². The summed E-state index contributed by atoms with van der Waals surface area (Å²) in [6.07, 6.45) is 2.64. The zero-order valence-electron chi connectivity index (χ0n) is 11.9. The summed E-state index contributed by atoms with van der Waals surface area (Å²) >= 11 is 5.05. The Morgan fingerprint density at radius 2 is 2.10 bits per heavy atom. The van der Waals surface area contributed by atoms with Crippen molar-refractivity contribution in [3.63, 3.8) is 0 Å². The Labute approximate surface area is 136 Å². The molecule has 3 rings (SSSR count). The Bertz CT molecular complexity index is 589. The summed E-state index contributed by atoms with van der Waals surface area (Å²) < 4.78 is 20.7. The second kappa shape index (κ2) is 5.56. The summed E-state index contributed by atoms with van der Waals surface area (Å²) in [5.74, 6) is -0.230. The molecule has 21 heavy (non-hydrogen) atoms. The van der Waals surface area contributed by atoms with E-state index in [2.05, 4.69) is 20.9 Å². The lowest BCUT2D eigenvalue weighted by atomic mass is 9.79. The maximum Gasteiger partial charge on any atom is 0.155 e. The smallest absolute Gasteiger partial charge is 0.155 e. The van der Waals surface area contributed by atoms with Gasteiger partial charge in [0.2, 0.25) is 0 Å². The van der Waals surface area contributed by atoms with Gasteiger partial charge < -0.3 is 10.5 Å². The molecule has 1 atom stereocenters. The fourth-order valence-electron chi connectivity index (χ4n) is 3.28. The zero-order valence-corrected chi connectivity index (χ0v) is 14.3. The third kappa shape index (κ3) is 2.98. The number of halogens is 2. The average molecular weight is 373 g/mol. The molecule has 0 saturated carbocycles. The molecular weight excluding hydrogens is 355 g/mol. The Balaban J connectivity index is 2.03. The largest absolute Gasteiger partial charge is 0.381 e. The van der Waals surface area contributed by atoms with Crippen LogP contribution in [0.25, 0.3) is 0 Å². The molecule has 1 fully saturated rings. The summed E-state index contributed by atoms with van der Waals surface area (Å²) in [4.78, 5) is 4.59. The van der Waals surface area contributed by atoms with E-state index in [-0.39, 0.29) is 10.6 Å². The first-order chi connectivity index (χ1) is 9.92. The number of rotatable bonds is 1. The number of nitrogens with two attached hydrogens (primary N) is 1. The summed E-state index contributed by atoms with van der Waals surface area (Å²) in [5.41, 5.74) is 6.06. The van der Waals surface area contributed by atoms with E-state index >= 15 is 0 Å². The van der Waals surface area contributed by atoms with Gasteiger partial charge in [0.05, 0.1) is 5.54 Å². The summed E-state index contributed by atoms with van der Waals surface area (Å²) in [5, 5.41) is 0.546. The number of nitrogens with zero attached hydrogens (tertiary/aromatic N) is 1. The van der Waals surface area contributed by atoms with Crippen molar-refractivity contribution < 1.29 is 9.13 Å². The van der Waals surface area contributed by atoms with Crippen LogP contribution in [0.15, 0.2) is 27.7 Å². The van der Waals surface area contributed by atoms with E-state index < -0.39 is 5.54 Å². The molecule has 2 aliphatic heterocycles. The Hall–Kier alpha value is -0.590. The molecule has 6 heteroatoms. The zero-order chi connectivity index (χ0) is 15.1. The standard InChI is InChI=1S/C15H18BrFN2OS/c1-14(11-8-10(16)2-3-12(11)17)9-15(21-13(18)19-14)4-6-20-7-5-15/h2-3,8H,4-7,9H2,1H3,(H2,18,19)/t14-/m0/s1. The van der Waals surface area contributed by atoms with Crippen molar-refractivity contribution in [2.24, 2.45) is 10.7 Å². The van der Waals surface area contributed by atoms with Gasteiger partial charge in [-0.3, -0.25) is 4.99 Å². The molecule has 0 bridgehead atoms. The predicted octanol–water partition coefficient (Wildman–Crippen LogP) is 3.80. The molecule has 2 heterocycles. The first kappa shape index (κ1) is 15.3. The van der Waals surface area contributed by atoms with Gasteiger partial charge in [0, 0.05) is 28.0 Å². The van der Waals surface area contributed by atoms with Crippen molar-refractivity contribution in [1.82, 2.24) is 0 Å². The van der Waals surface area contributed by atoms with E-state index in [4.69, 9.17) is 10.5 Å². The Morgan fingerprint density at radius 1 is 1.38 bits per heavy atom. The fraction of sp³-hybridized carbons (Fsp3) is 0.533. The van der Waals surface area contributed by atoms with Gasteiger partial charge in [0.15, 0.2) is 5.17 Å². The minimum atomic E-state index is -0.624. The second-order valence-corrected chi connectivity index (χ2v) is 8.33. The number of benzene rings is 1. The fourth-order valence-corrected chi connectivity index (χ4v) is 5.05. The van der Waals surface area contributed by atoms with Crippen LogP contribution >= 0.6 is 27.7 Å². The topological polar surface area (TPSA) is 47.6 Å². The molecule has 0 unspecified atom stereocenters. The van der Waals surface area contributed by atoms with E-state index in [1.165, 1.54) is 6.07 Å². The molecule has 114 valence electrons. The van der Waals surface area contributed by atoms with E-state index in [0.717, 1.165) is 36.9 Å². The van der Waals surface area contributed by atoms with Gasteiger partial charge in [0.1, 0.15) is 5.82 Å². The monoisotopic (exact) mass is 372 g/mol. The molecule has 0 radical (unpaired) electrons. The van der Waals surface area contributed by atoms with Crippen LogP contribution in [0.5, 0.6) is 0 Å². The van der Waals surface area contributed by atoms with E-state index in [9.17, 15) is 4.39 Å². The van der Waals surface area contributed by atoms with Gasteiger partial charge in [-0.2, -0.15) is 0 Å². The van der Waals surface area contributed by atoms with Crippen LogP contribution in [0.3, 0.4) is 0 Å². The minimum absolute atomic E-state index is 0.00753. The summed E-state index contributed by atoms with van der Waals surface area (Å²) in [7, 11) is 0. The lowest BCUT2D eigenvalue weighted by molar-refractivity contribution is 0.0690. The highest BCUT2D eigenvalue weighted by molar-refractivity contribution is 9.10. The van der Waals surface area contributed by atoms with E-state index in [1.807, 2.05) is 13.0 Å². The number of amidine groups is 1. The van der Waals surface area contributed by atoms with Crippen molar-refractivity contribution in [1.29, 1.82) is 0 Å². The first-order valence-corrected chi connectivity index (χ1v) is 8.61. The lowest BCUT2D eigenvalue weighted by Crippen LogP contribution is -2.45. The molecule has 0 aromatic heterocycles. The maximum atomic E-state index is 14.3. The number of hydrogen-bond acceptors (Lipinski definition) is 4. The Morgan fingerprint density at radius 3 is 2.81 bits per heavy atom. The molecule has 0 aliphatic carbocycles. The first-order valence-electron chi connectivity index (χ1n) is 7.00. The van der Waals surface area contributed by atoms with Crippen molar-refractivity contribution in [3.8, 4) is 0 Å². The van der Waals surface area contributed by atoms with Crippen LogP contribution in [0, 0.1) is 5.82 Å². The highest BCUT2D eigenvalue weighted by Crippen LogP contribution is 2.50. The van der Waals surface area contributed by atoms with E-state index in [1.54, 1.807) is 17.8 Å². The highest BCUT2D eigenvalue weighted by Gasteiger charge is 2.46. The van der Waals surface area contributed by atoms with Gasteiger partial charge in [-0.1, -0.05) is 27.7 Å². The number of aliphatic imine (C=N–C) groups is 1. The summed E-state index contributed by atoms with van der Waals surface area (Å²) in [6.45, 7) is 3.44. The molecule has 3 nitrogen and oxygen atoms in total. The minimum Gasteiger partial charge on any atom is -0.381 e. The van der Waals surface area contributed by atoms with Gasteiger partial charge in [0.25, 0.3) is 0 Å². The SMILES string of the molecule is C[C@@]1(c2cc(Br)ccc2F)CC2(CCOCC2)SC(N)=N1. The van der Waals surface area contributed by atoms with Crippen molar-refractivity contribution in [2.45, 2.75) is 36.5 Å². The molecule has 1 saturated heterocycles. The second-order valence-electron chi connectivity index (χ2n) is 5.92. The van der Waals surface area contributed by atoms with Gasteiger partial charge >= 0.3 is 0 Å². The third-order valence-electron chi connectivity index (χ3n) is 4.26. The number of ether oxygens (including phenoxy) is 1. The third-order valence-corrected chi connectivity index (χ3v) is 6.04. The Kier molecular flexibility index (Phi) is 4.05. The molecular formula is C15H18BrFN2OS. The summed E-state index contributed by atoms with van der Waals surface area (Å²) in [6, 6.07) is 5.00. The average Bonchev–Trinajstić information content (AvgIpc) is 2.41. The van der Waals surface area contributed by atoms with E-state index in [0.29, 0.717) is 10.7 Å². The highest BCUT2D eigenvalue weighted by atomic mass is 79.9. The molecule has 1 aromatic carbocycles. The van der Waals surface area contributed by atoms with Gasteiger partial charge in [-0.25, -0.2) is 4.39 Å². The molecule has 1 aromatic rings. The molecule has 2 N–H and O–H groups in total. The van der Waals surface area contributed by atoms with Crippen molar-refractivity contribution in [2.75, 3.05) is 13.2 Å². The van der Waals surface area contributed by atoms with Crippen LogP contribution in [0.1, 0.15) is 31.7 Å². The van der Waals surface area contributed by atoms with Gasteiger partial charge in [-0.15, -0.1) is 0 Å². The normalized spacial score (nSPS) is 28.4. The van der Waals surface area contributed by atoms with Crippen LogP contribution in [0.4, 0.5) is 4.39 Å². The lowest BCUT2D eigenvalue weighted by Gasteiger charge is -2.45. The molecule has 2 aliphatic rings. The van der Waals surface area contributed by atoms with Crippen LogP contribution < -0.4 is 5.73 Å². The predicted molar refractivity (Wildman–Crippen MR) is 88.1 cm³/mol. The molecule has 1 spiro atoms. The number of thioether (sulfide) groups is 1. The van der Waals surface area contributed by atoms with Crippen molar-refractivity contribution >= 4 is 32.9 Å². The van der Waals surface area contributed by atoms with Crippen LogP contribution in [0.2, 0.25) is 0 Å². The van der Waals surface area contributed by atoms with Crippen molar-refractivity contribution in [3.05, 3.63) is 34.1 Å². The van der Waals surface area contributed by atoms with Crippen LogP contribution in [-0.4, -0.2) is 23.1 Å². The van der Waals surface area contributed by atoms with Crippen LogP contribution in [-0.2, 0) is 10.3 Å². The maximum absolute atomic E-state index is 14.3. The quantitative estimate of drug-likeness (QED) is 0.815. The number of hydrogen-bond donors (Lipinski definition) is 1. The molecule has 0 amide bonds.